The smallest absolute Gasteiger partial charge is 0.269 e. The number of amides is 1. The molecule has 24 heavy (non-hydrogen) atoms. The Morgan fingerprint density at radius 2 is 1.96 bits per heavy atom. The van der Waals surface area contributed by atoms with Crippen LogP contribution in [0.2, 0.25) is 0 Å². The van der Waals surface area contributed by atoms with Gasteiger partial charge in [0.1, 0.15) is 30.1 Å². The highest BCUT2D eigenvalue weighted by Gasteiger charge is 2.46. The van der Waals surface area contributed by atoms with Gasteiger partial charge in [0.2, 0.25) is 12.2 Å². The lowest BCUT2D eigenvalue weighted by Crippen LogP contribution is -2.65. The summed E-state index contributed by atoms with van der Waals surface area (Å²) in [4.78, 5) is 21.4. The van der Waals surface area contributed by atoms with Crippen molar-refractivity contribution in [2.45, 2.75) is 37.6 Å². The van der Waals surface area contributed by atoms with Crippen LogP contribution in [-0.2, 0) is 9.53 Å². The maximum Gasteiger partial charge on any atom is 0.269 e. The minimum atomic E-state index is -1.43. The van der Waals surface area contributed by atoms with Crippen LogP contribution in [0.1, 0.15) is 6.92 Å². The van der Waals surface area contributed by atoms with E-state index in [1.807, 2.05) is 0 Å². The molecule has 10 heteroatoms. The van der Waals surface area contributed by atoms with Crippen LogP contribution in [0.5, 0.6) is 5.75 Å². The van der Waals surface area contributed by atoms with E-state index in [4.69, 9.17) is 9.47 Å². The van der Waals surface area contributed by atoms with Crippen LogP contribution < -0.4 is 10.1 Å². The first-order valence-corrected chi connectivity index (χ1v) is 7.14. The van der Waals surface area contributed by atoms with Crippen molar-refractivity contribution in [2.75, 3.05) is 6.61 Å². The Labute approximate surface area is 136 Å². The van der Waals surface area contributed by atoms with Crippen LogP contribution in [-0.4, -0.2) is 63.4 Å². The number of hydrogen-bond acceptors (Lipinski definition) is 8. The molecule has 5 atom stereocenters. The molecule has 0 radical (unpaired) electrons. The highest BCUT2D eigenvalue weighted by atomic mass is 16.7. The number of hydrogen-bond donors (Lipinski definition) is 4. The molecular weight excluding hydrogens is 324 g/mol. The molecule has 1 amide bonds. The van der Waals surface area contributed by atoms with Crippen LogP contribution in [0.25, 0.3) is 0 Å². The van der Waals surface area contributed by atoms with Crippen LogP contribution in [0.4, 0.5) is 5.69 Å². The van der Waals surface area contributed by atoms with Crippen molar-refractivity contribution in [1.82, 2.24) is 5.32 Å². The van der Waals surface area contributed by atoms with Gasteiger partial charge in [0.25, 0.3) is 5.69 Å². The van der Waals surface area contributed by atoms with Crippen LogP contribution in [0.15, 0.2) is 24.3 Å². The number of nitrogens with zero attached hydrogens (tertiary/aromatic N) is 1. The standard InChI is InChI=1S/C14H18N2O8/c1-7(18)15-11-13(20)12(19)10(6-17)24-14(11)23-9-4-2-8(3-5-9)16(21)22/h2-5,10-14,17,19-20H,6H2,1H3,(H,15,18)/t10-,11+,12+,13+,14+/m1/s1. The molecule has 0 spiro atoms. The Balaban J connectivity index is 2.19. The number of rotatable bonds is 5. The molecule has 132 valence electrons. The average molecular weight is 342 g/mol. The normalized spacial score (nSPS) is 29.8. The fraction of sp³-hybridized carbons (Fsp3) is 0.500. The number of carbonyl (C=O) groups excluding carboxylic acids is 1. The monoisotopic (exact) mass is 342 g/mol. The van der Waals surface area contributed by atoms with Crippen molar-refractivity contribution < 1.29 is 34.5 Å². The first-order valence-electron chi connectivity index (χ1n) is 7.14. The quantitative estimate of drug-likeness (QED) is 0.389. The van der Waals surface area contributed by atoms with Crippen LogP contribution in [0.3, 0.4) is 0 Å². The molecule has 1 aliphatic rings. The lowest BCUT2D eigenvalue weighted by Gasteiger charge is -2.42. The Morgan fingerprint density at radius 1 is 1.33 bits per heavy atom. The van der Waals surface area contributed by atoms with Crippen molar-refractivity contribution in [3.63, 3.8) is 0 Å². The second kappa shape index (κ2) is 7.53. The number of nitrogens with one attached hydrogen (secondary N) is 1. The fourth-order valence-electron chi connectivity index (χ4n) is 2.35. The van der Waals surface area contributed by atoms with Crippen LogP contribution in [0, 0.1) is 10.1 Å². The Morgan fingerprint density at radius 3 is 2.46 bits per heavy atom. The van der Waals surface area contributed by atoms with E-state index in [2.05, 4.69) is 5.32 Å². The lowest BCUT2D eigenvalue weighted by atomic mass is 9.97. The van der Waals surface area contributed by atoms with E-state index in [-0.39, 0.29) is 11.4 Å². The summed E-state index contributed by atoms with van der Waals surface area (Å²) in [6.07, 6.45) is -5.15. The predicted molar refractivity (Wildman–Crippen MR) is 79.1 cm³/mol. The molecule has 1 aromatic carbocycles. The summed E-state index contributed by atoms with van der Waals surface area (Å²) in [6, 6.07) is 4.02. The maximum atomic E-state index is 11.3. The number of ether oxygens (including phenoxy) is 2. The van der Waals surface area contributed by atoms with E-state index in [0.29, 0.717) is 0 Å². The molecule has 1 fully saturated rings. The maximum absolute atomic E-state index is 11.3. The van der Waals surface area contributed by atoms with Gasteiger partial charge in [-0.3, -0.25) is 14.9 Å². The topological polar surface area (TPSA) is 151 Å². The van der Waals surface area contributed by atoms with Gasteiger partial charge in [-0.05, 0) is 12.1 Å². The molecule has 1 aromatic rings. The summed E-state index contributed by atoms with van der Waals surface area (Å²) in [7, 11) is 0. The summed E-state index contributed by atoms with van der Waals surface area (Å²) in [5, 5.41) is 42.3. The third-order valence-electron chi connectivity index (χ3n) is 3.55. The largest absolute Gasteiger partial charge is 0.463 e. The highest BCUT2D eigenvalue weighted by molar-refractivity contribution is 5.73. The number of nitro benzene ring substituents is 1. The van der Waals surface area contributed by atoms with Gasteiger partial charge >= 0.3 is 0 Å². The van der Waals surface area contributed by atoms with E-state index in [9.17, 15) is 30.2 Å². The number of aliphatic hydroxyl groups is 3. The minimum Gasteiger partial charge on any atom is -0.463 e. The fourth-order valence-corrected chi connectivity index (χ4v) is 2.35. The molecule has 0 aromatic heterocycles. The van der Waals surface area contributed by atoms with Gasteiger partial charge in [-0.25, -0.2) is 0 Å². The number of benzene rings is 1. The Hall–Kier alpha value is -2.27. The lowest BCUT2D eigenvalue weighted by molar-refractivity contribution is -0.384. The third-order valence-corrected chi connectivity index (χ3v) is 3.55. The molecular formula is C14H18N2O8. The molecule has 10 nitrogen and oxygen atoms in total. The van der Waals surface area contributed by atoms with Crippen molar-refractivity contribution in [3.8, 4) is 5.75 Å². The summed E-state index contributed by atoms with van der Waals surface area (Å²) in [6.45, 7) is 0.658. The van der Waals surface area contributed by atoms with E-state index in [1.165, 1.54) is 31.2 Å². The van der Waals surface area contributed by atoms with Crippen molar-refractivity contribution >= 4 is 11.6 Å². The van der Waals surface area contributed by atoms with E-state index in [0.717, 1.165) is 0 Å². The molecule has 0 saturated carbocycles. The Kier molecular flexibility index (Phi) is 5.67. The van der Waals surface area contributed by atoms with Crippen molar-refractivity contribution in [3.05, 3.63) is 34.4 Å². The second-order valence-corrected chi connectivity index (χ2v) is 5.30. The Bertz CT molecular complexity index is 593. The number of carbonyl (C=O) groups is 1. The minimum absolute atomic E-state index is 0.131. The van der Waals surface area contributed by atoms with Gasteiger partial charge in [0.05, 0.1) is 11.5 Å². The second-order valence-electron chi connectivity index (χ2n) is 5.30. The van der Waals surface area contributed by atoms with Gasteiger partial charge in [-0.2, -0.15) is 0 Å². The van der Waals surface area contributed by atoms with Gasteiger partial charge < -0.3 is 30.1 Å². The van der Waals surface area contributed by atoms with Gasteiger partial charge in [0.15, 0.2) is 0 Å². The molecule has 1 heterocycles. The third kappa shape index (κ3) is 3.97. The van der Waals surface area contributed by atoms with E-state index < -0.39 is 48.1 Å². The predicted octanol–water partition coefficient (Wildman–Crippen LogP) is -1.08. The summed E-state index contributed by atoms with van der Waals surface area (Å²) in [5.74, 6) is -0.282. The van der Waals surface area contributed by atoms with Gasteiger partial charge in [-0.1, -0.05) is 0 Å². The summed E-state index contributed by atoms with van der Waals surface area (Å²) >= 11 is 0. The summed E-state index contributed by atoms with van der Waals surface area (Å²) in [5.41, 5.74) is -0.131. The van der Waals surface area contributed by atoms with Crippen LogP contribution >= 0.6 is 0 Å². The molecule has 1 saturated heterocycles. The number of nitro groups is 1. The first kappa shape index (κ1) is 18.1. The zero-order chi connectivity index (χ0) is 17.9. The SMILES string of the molecule is CC(=O)N[C@@H]1[C@@H](Oc2ccc([N+](=O)[O-])cc2)O[C@H](CO)[C@H](O)[C@H]1O. The first-order chi connectivity index (χ1) is 11.3. The van der Waals surface area contributed by atoms with E-state index in [1.54, 1.807) is 0 Å². The van der Waals surface area contributed by atoms with Crippen molar-refractivity contribution in [1.29, 1.82) is 0 Å². The zero-order valence-corrected chi connectivity index (χ0v) is 12.7. The molecule has 0 unspecified atom stereocenters. The molecule has 4 N–H and O–H groups in total. The molecule has 0 aliphatic carbocycles. The average Bonchev–Trinajstić information content (AvgIpc) is 2.54. The van der Waals surface area contributed by atoms with Gasteiger partial charge in [0, 0.05) is 19.1 Å². The van der Waals surface area contributed by atoms with E-state index >= 15 is 0 Å². The number of aliphatic hydroxyl groups excluding tert-OH is 3. The highest BCUT2D eigenvalue weighted by Crippen LogP contribution is 2.25. The number of non-ortho nitro benzene ring substituents is 1. The molecule has 1 aliphatic heterocycles. The van der Waals surface area contributed by atoms with Crippen molar-refractivity contribution in [2.24, 2.45) is 0 Å². The van der Waals surface area contributed by atoms with Gasteiger partial charge in [-0.15, -0.1) is 0 Å². The summed E-state index contributed by atoms with van der Waals surface area (Å²) < 4.78 is 10.9. The molecule has 0 bridgehead atoms. The zero-order valence-electron chi connectivity index (χ0n) is 12.7. The molecule has 2 rings (SSSR count).